The van der Waals surface area contributed by atoms with Crippen LogP contribution >= 0.6 is 0 Å². The van der Waals surface area contributed by atoms with Crippen LogP contribution in [-0.4, -0.2) is 48.3 Å². The minimum atomic E-state index is 0.313. The predicted octanol–water partition coefficient (Wildman–Crippen LogP) is 1.47. The van der Waals surface area contributed by atoms with E-state index in [0.717, 1.165) is 13.0 Å². The Labute approximate surface area is 100 Å². The summed E-state index contributed by atoms with van der Waals surface area (Å²) in [6.07, 6.45) is 3.44. The third kappa shape index (κ3) is 4.40. The van der Waals surface area contributed by atoms with Gasteiger partial charge in [0.25, 0.3) is 0 Å². The lowest BCUT2D eigenvalue weighted by atomic mass is 9.97. The van der Waals surface area contributed by atoms with E-state index < -0.39 is 0 Å². The van der Waals surface area contributed by atoms with Gasteiger partial charge < -0.3 is 15.3 Å². The number of aliphatic hydroxyl groups is 1. The first-order valence-corrected chi connectivity index (χ1v) is 6.75. The molecular weight excluding hydrogens is 200 g/mol. The molecule has 3 nitrogen and oxygen atoms in total. The van der Waals surface area contributed by atoms with Crippen LogP contribution in [0.5, 0.6) is 0 Å². The number of piperidine rings is 1. The zero-order valence-electron chi connectivity index (χ0n) is 11.1. The SMILES string of the molecule is CCN1CCC(NCC(C)CCO)CC1C. The fourth-order valence-corrected chi connectivity index (χ4v) is 2.57. The van der Waals surface area contributed by atoms with Crippen molar-refractivity contribution in [1.29, 1.82) is 0 Å². The van der Waals surface area contributed by atoms with E-state index >= 15 is 0 Å². The second kappa shape index (κ2) is 7.25. The molecule has 0 radical (unpaired) electrons. The standard InChI is InChI=1S/C13H28N2O/c1-4-15-7-5-13(9-12(15)3)14-10-11(2)6-8-16/h11-14,16H,4-10H2,1-3H3. The molecule has 1 heterocycles. The van der Waals surface area contributed by atoms with Crippen LogP contribution in [0.25, 0.3) is 0 Å². The molecule has 0 aromatic rings. The Morgan fingerprint density at radius 1 is 1.50 bits per heavy atom. The van der Waals surface area contributed by atoms with Crippen molar-refractivity contribution in [1.82, 2.24) is 10.2 Å². The van der Waals surface area contributed by atoms with Crippen molar-refractivity contribution in [2.45, 2.75) is 52.1 Å². The van der Waals surface area contributed by atoms with Crippen molar-refractivity contribution in [3.05, 3.63) is 0 Å². The molecule has 16 heavy (non-hydrogen) atoms. The van der Waals surface area contributed by atoms with Gasteiger partial charge >= 0.3 is 0 Å². The van der Waals surface area contributed by atoms with E-state index in [0.29, 0.717) is 24.6 Å². The van der Waals surface area contributed by atoms with Crippen molar-refractivity contribution >= 4 is 0 Å². The molecule has 0 aliphatic carbocycles. The lowest BCUT2D eigenvalue weighted by Crippen LogP contribution is -2.48. The first kappa shape index (κ1) is 13.9. The number of nitrogens with one attached hydrogen (secondary N) is 1. The van der Waals surface area contributed by atoms with Crippen LogP contribution in [0.4, 0.5) is 0 Å². The minimum Gasteiger partial charge on any atom is -0.396 e. The quantitative estimate of drug-likeness (QED) is 0.722. The summed E-state index contributed by atoms with van der Waals surface area (Å²) in [7, 11) is 0. The summed E-state index contributed by atoms with van der Waals surface area (Å²) in [6.45, 7) is 10.5. The Hall–Kier alpha value is -0.120. The Kier molecular flexibility index (Phi) is 6.32. The summed E-state index contributed by atoms with van der Waals surface area (Å²) < 4.78 is 0. The Morgan fingerprint density at radius 2 is 2.25 bits per heavy atom. The number of rotatable bonds is 6. The maximum absolute atomic E-state index is 8.85. The van der Waals surface area contributed by atoms with Gasteiger partial charge in [0.05, 0.1) is 0 Å². The van der Waals surface area contributed by atoms with Gasteiger partial charge in [0, 0.05) is 18.7 Å². The lowest BCUT2D eigenvalue weighted by Gasteiger charge is -2.37. The molecule has 3 atom stereocenters. The van der Waals surface area contributed by atoms with E-state index in [1.54, 1.807) is 0 Å². The molecule has 1 aliphatic heterocycles. The number of likely N-dealkylation sites (tertiary alicyclic amines) is 1. The first-order chi connectivity index (χ1) is 7.67. The van der Waals surface area contributed by atoms with Crippen LogP contribution < -0.4 is 5.32 Å². The average Bonchev–Trinajstić information content (AvgIpc) is 2.27. The molecule has 1 rings (SSSR count). The van der Waals surface area contributed by atoms with Gasteiger partial charge in [-0.05, 0) is 51.7 Å². The van der Waals surface area contributed by atoms with E-state index in [-0.39, 0.29) is 0 Å². The van der Waals surface area contributed by atoms with Crippen LogP contribution in [-0.2, 0) is 0 Å². The second-order valence-electron chi connectivity index (χ2n) is 5.22. The van der Waals surface area contributed by atoms with Gasteiger partial charge in [-0.3, -0.25) is 0 Å². The van der Waals surface area contributed by atoms with E-state index in [1.807, 2.05) is 0 Å². The minimum absolute atomic E-state index is 0.313. The Balaban J connectivity index is 2.19. The molecule has 96 valence electrons. The molecule has 1 aliphatic rings. The molecule has 0 saturated carbocycles. The molecule has 3 heteroatoms. The number of hydrogen-bond donors (Lipinski definition) is 2. The van der Waals surface area contributed by atoms with Crippen molar-refractivity contribution in [3.63, 3.8) is 0 Å². The highest BCUT2D eigenvalue weighted by Crippen LogP contribution is 2.17. The highest BCUT2D eigenvalue weighted by atomic mass is 16.3. The van der Waals surface area contributed by atoms with Crippen molar-refractivity contribution < 1.29 is 5.11 Å². The summed E-state index contributed by atoms with van der Waals surface area (Å²) >= 11 is 0. The van der Waals surface area contributed by atoms with Gasteiger partial charge in [-0.2, -0.15) is 0 Å². The Morgan fingerprint density at radius 3 is 2.81 bits per heavy atom. The molecule has 1 saturated heterocycles. The molecule has 0 amide bonds. The van der Waals surface area contributed by atoms with Crippen molar-refractivity contribution in [3.8, 4) is 0 Å². The van der Waals surface area contributed by atoms with Gasteiger partial charge in [0.1, 0.15) is 0 Å². The zero-order chi connectivity index (χ0) is 12.0. The van der Waals surface area contributed by atoms with E-state index in [1.165, 1.54) is 25.9 Å². The van der Waals surface area contributed by atoms with Gasteiger partial charge in [-0.15, -0.1) is 0 Å². The molecule has 1 fully saturated rings. The maximum Gasteiger partial charge on any atom is 0.0434 e. The fourth-order valence-electron chi connectivity index (χ4n) is 2.57. The van der Waals surface area contributed by atoms with Crippen molar-refractivity contribution in [2.24, 2.45) is 5.92 Å². The van der Waals surface area contributed by atoms with Crippen LogP contribution in [0.1, 0.15) is 40.0 Å². The highest BCUT2D eigenvalue weighted by Gasteiger charge is 2.23. The third-order valence-corrected chi connectivity index (χ3v) is 3.80. The van der Waals surface area contributed by atoms with E-state index in [9.17, 15) is 0 Å². The normalized spacial score (nSPS) is 29.2. The molecule has 3 unspecified atom stereocenters. The third-order valence-electron chi connectivity index (χ3n) is 3.80. The van der Waals surface area contributed by atoms with Gasteiger partial charge in [-0.25, -0.2) is 0 Å². The number of nitrogens with zero attached hydrogens (tertiary/aromatic N) is 1. The highest BCUT2D eigenvalue weighted by molar-refractivity contribution is 4.82. The zero-order valence-corrected chi connectivity index (χ0v) is 11.1. The second-order valence-corrected chi connectivity index (χ2v) is 5.22. The monoisotopic (exact) mass is 228 g/mol. The van der Waals surface area contributed by atoms with Gasteiger partial charge in [0.2, 0.25) is 0 Å². The van der Waals surface area contributed by atoms with E-state index in [2.05, 4.69) is 31.0 Å². The number of hydrogen-bond acceptors (Lipinski definition) is 3. The summed E-state index contributed by atoms with van der Waals surface area (Å²) in [6, 6.07) is 1.39. The fraction of sp³-hybridized carbons (Fsp3) is 1.00. The van der Waals surface area contributed by atoms with Crippen molar-refractivity contribution in [2.75, 3.05) is 26.2 Å². The summed E-state index contributed by atoms with van der Waals surface area (Å²) in [5, 5.41) is 12.5. The molecule has 0 spiro atoms. The van der Waals surface area contributed by atoms with Crippen LogP contribution in [0.2, 0.25) is 0 Å². The average molecular weight is 228 g/mol. The van der Waals surface area contributed by atoms with E-state index in [4.69, 9.17) is 5.11 Å². The molecule has 0 aromatic heterocycles. The van der Waals surface area contributed by atoms with Gasteiger partial charge in [0.15, 0.2) is 0 Å². The number of aliphatic hydroxyl groups excluding tert-OH is 1. The first-order valence-electron chi connectivity index (χ1n) is 6.75. The van der Waals surface area contributed by atoms with Crippen LogP contribution in [0.15, 0.2) is 0 Å². The largest absolute Gasteiger partial charge is 0.396 e. The summed E-state index contributed by atoms with van der Waals surface area (Å²) in [4.78, 5) is 2.55. The predicted molar refractivity (Wildman–Crippen MR) is 68.6 cm³/mol. The molecule has 0 bridgehead atoms. The molecule has 2 N–H and O–H groups in total. The molecular formula is C13H28N2O. The molecule has 0 aromatic carbocycles. The Bertz CT molecular complexity index is 187. The maximum atomic E-state index is 8.85. The van der Waals surface area contributed by atoms with Gasteiger partial charge in [-0.1, -0.05) is 13.8 Å². The smallest absolute Gasteiger partial charge is 0.0434 e. The summed E-state index contributed by atoms with van der Waals surface area (Å²) in [5.74, 6) is 0.588. The lowest BCUT2D eigenvalue weighted by molar-refractivity contribution is 0.140. The summed E-state index contributed by atoms with van der Waals surface area (Å²) in [5.41, 5.74) is 0. The van der Waals surface area contributed by atoms with Crippen LogP contribution in [0, 0.1) is 5.92 Å². The topological polar surface area (TPSA) is 35.5 Å². The van der Waals surface area contributed by atoms with Crippen LogP contribution in [0.3, 0.4) is 0 Å².